The molecule has 0 aromatic heterocycles. The van der Waals surface area contributed by atoms with Crippen LogP contribution in [-0.4, -0.2) is 6.09 Å². The van der Waals surface area contributed by atoms with Crippen molar-refractivity contribution in [2.45, 2.75) is 26.4 Å². The molecule has 20 heavy (non-hydrogen) atoms. The van der Waals surface area contributed by atoms with Gasteiger partial charge in [-0.05, 0) is 29.2 Å². The molecule has 3 nitrogen and oxygen atoms in total. The van der Waals surface area contributed by atoms with Crippen LogP contribution in [0.3, 0.4) is 0 Å². The van der Waals surface area contributed by atoms with Crippen LogP contribution in [0.4, 0.5) is 10.5 Å². The van der Waals surface area contributed by atoms with Crippen LogP contribution in [0.15, 0.2) is 54.6 Å². The Kier molecular flexibility index (Phi) is 4.77. The zero-order valence-corrected chi connectivity index (χ0v) is 11.8. The lowest BCUT2D eigenvalue weighted by atomic mass is 10.0. The van der Waals surface area contributed by atoms with Gasteiger partial charge in [-0.15, -0.1) is 0 Å². The second-order valence-electron chi connectivity index (χ2n) is 4.96. The van der Waals surface area contributed by atoms with E-state index >= 15 is 0 Å². The Bertz CT molecular complexity index is 547. The van der Waals surface area contributed by atoms with E-state index in [0.29, 0.717) is 5.92 Å². The number of hydrogen-bond acceptors (Lipinski definition) is 2. The molecule has 0 saturated heterocycles. The fourth-order valence-corrected chi connectivity index (χ4v) is 1.82. The predicted molar refractivity (Wildman–Crippen MR) is 80.8 cm³/mol. The molecule has 0 aliphatic heterocycles. The van der Waals surface area contributed by atoms with Crippen molar-refractivity contribution in [3.05, 3.63) is 65.7 Å². The highest BCUT2D eigenvalue weighted by molar-refractivity contribution is 5.84. The maximum absolute atomic E-state index is 11.6. The van der Waals surface area contributed by atoms with Gasteiger partial charge in [-0.3, -0.25) is 5.32 Å². The van der Waals surface area contributed by atoms with Crippen molar-refractivity contribution in [1.29, 1.82) is 0 Å². The summed E-state index contributed by atoms with van der Waals surface area (Å²) in [5, 5.41) is 2.68. The summed E-state index contributed by atoms with van der Waals surface area (Å²) in [6.07, 6.45) is -0.441. The molecule has 0 aliphatic rings. The molecule has 1 N–H and O–H groups in total. The van der Waals surface area contributed by atoms with Gasteiger partial charge in [-0.2, -0.15) is 0 Å². The van der Waals surface area contributed by atoms with E-state index in [1.165, 1.54) is 5.56 Å². The Morgan fingerprint density at radius 2 is 1.70 bits per heavy atom. The molecule has 2 aromatic carbocycles. The smallest absolute Gasteiger partial charge is 0.411 e. The van der Waals surface area contributed by atoms with Crippen LogP contribution in [0, 0.1) is 0 Å². The fourth-order valence-electron chi connectivity index (χ4n) is 1.82. The first kappa shape index (κ1) is 14.1. The Morgan fingerprint density at radius 3 is 2.30 bits per heavy atom. The van der Waals surface area contributed by atoms with Gasteiger partial charge in [0.15, 0.2) is 0 Å². The second-order valence-corrected chi connectivity index (χ2v) is 4.96. The quantitative estimate of drug-likeness (QED) is 0.883. The number of anilines is 1. The molecule has 0 radical (unpaired) electrons. The highest BCUT2D eigenvalue weighted by Gasteiger charge is 2.04. The second kappa shape index (κ2) is 6.75. The molecule has 0 unspecified atom stereocenters. The lowest BCUT2D eigenvalue weighted by Gasteiger charge is -2.09. The summed E-state index contributed by atoms with van der Waals surface area (Å²) in [5.74, 6) is 0.506. The SMILES string of the molecule is CC(C)c1ccc(COC(=O)Nc2ccccc2)cc1. The van der Waals surface area contributed by atoms with Gasteiger partial charge in [0.05, 0.1) is 0 Å². The van der Waals surface area contributed by atoms with Crippen LogP contribution in [0.5, 0.6) is 0 Å². The summed E-state index contributed by atoms with van der Waals surface area (Å²) in [6, 6.07) is 17.4. The van der Waals surface area contributed by atoms with Crippen molar-refractivity contribution in [2.75, 3.05) is 5.32 Å². The van der Waals surface area contributed by atoms with E-state index < -0.39 is 6.09 Å². The summed E-state index contributed by atoms with van der Waals surface area (Å²) in [5.41, 5.74) is 2.99. The Morgan fingerprint density at radius 1 is 1.05 bits per heavy atom. The summed E-state index contributed by atoms with van der Waals surface area (Å²) < 4.78 is 5.18. The number of amides is 1. The number of carbonyl (C=O) groups excluding carboxylic acids is 1. The van der Waals surface area contributed by atoms with Gasteiger partial charge < -0.3 is 4.74 Å². The van der Waals surface area contributed by atoms with Crippen molar-refractivity contribution < 1.29 is 9.53 Å². The van der Waals surface area contributed by atoms with E-state index in [2.05, 4.69) is 31.3 Å². The van der Waals surface area contributed by atoms with Crippen molar-refractivity contribution in [2.24, 2.45) is 0 Å². The normalized spacial score (nSPS) is 10.3. The number of carbonyl (C=O) groups is 1. The molecule has 0 fully saturated rings. The van der Waals surface area contributed by atoms with Crippen LogP contribution < -0.4 is 5.32 Å². The molecule has 2 rings (SSSR count). The summed E-state index contributed by atoms with van der Waals surface area (Å²) >= 11 is 0. The van der Waals surface area contributed by atoms with E-state index in [4.69, 9.17) is 4.74 Å². The molecule has 0 heterocycles. The Labute approximate surface area is 119 Å². The third-order valence-electron chi connectivity index (χ3n) is 3.04. The van der Waals surface area contributed by atoms with Crippen LogP contribution in [0.2, 0.25) is 0 Å². The molecule has 0 saturated carbocycles. The topological polar surface area (TPSA) is 38.3 Å². The van der Waals surface area contributed by atoms with E-state index in [1.54, 1.807) is 0 Å². The molecule has 0 atom stereocenters. The lowest BCUT2D eigenvalue weighted by Crippen LogP contribution is -2.13. The van der Waals surface area contributed by atoms with Crippen LogP contribution in [0.1, 0.15) is 30.9 Å². The molecule has 0 aliphatic carbocycles. The Balaban J connectivity index is 1.84. The molecular weight excluding hydrogens is 250 g/mol. The first-order valence-electron chi connectivity index (χ1n) is 6.73. The van der Waals surface area contributed by atoms with Gasteiger partial charge >= 0.3 is 6.09 Å². The molecule has 0 bridgehead atoms. The molecular formula is C17H19NO2. The number of rotatable bonds is 4. The zero-order valence-electron chi connectivity index (χ0n) is 11.8. The van der Waals surface area contributed by atoms with Crippen molar-refractivity contribution in [3.63, 3.8) is 0 Å². The average molecular weight is 269 g/mol. The van der Waals surface area contributed by atoms with Crippen LogP contribution in [-0.2, 0) is 11.3 Å². The van der Waals surface area contributed by atoms with Crippen molar-refractivity contribution in [3.8, 4) is 0 Å². The van der Waals surface area contributed by atoms with E-state index in [9.17, 15) is 4.79 Å². The first-order valence-corrected chi connectivity index (χ1v) is 6.73. The minimum Gasteiger partial charge on any atom is -0.444 e. The van der Waals surface area contributed by atoms with Crippen molar-refractivity contribution in [1.82, 2.24) is 0 Å². The fraction of sp³-hybridized carbons (Fsp3) is 0.235. The summed E-state index contributed by atoms with van der Waals surface area (Å²) in [4.78, 5) is 11.6. The van der Waals surface area contributed by atoms with Crippen LogP contribution in [0.25, 0.3) is 0 Å². The average Bonchev–Trinajstić information content (AvgIpc) is 2.46. The number of nitrogens with one attached hydrogen (secondary N) is 1. The third kappa shape index (κ3) is 4.12. The number of para-hydroxylation sites is 1. The van der Waals surface area contributed by atoms with E-state index in [0.717, 1.165) is 11.3 Å². The first-order chi connectivity index (χ1) is 9.65. The number of ether oxygens (including phenoxy) is 1. The lowest BCUT2D eigenvalue weighted by molar-refractivity contribution is 0.155. The highest BCUT2D eigenvalue weighted by atomic mass is 16.5. The Hall–Kier alpha value is -2.29. The molecule has 104 valence electrons. The van der Waals surface area contributed by atoms with Crippen molar-refractivity contribution >= 4 is 11.8 Å². The number of hydrogen-bond donors (Lipinski definition) is 1. The van der Waals surface area contributed by atoms with E-state index in [-0.39, 0.29) is 6.61 Å². The minimum absolute atomic E-state index is 0.275. The molecule has 1 amide bonds. The molecule has 2 aromatic rings. The summed E-state index contributed by atoms with van der Waals surface area (Å²) in [7, 11) is 0. The minimum atomic E-state index is -0.441. The van der Waals surface area contributed by atoms with E-state index in [1.807, 2.05) is 42.5 Å². The monoisotopic (exact) mass is 269 g/mol. The summed E-state index contributed by atoms with van der Waals surface area (Å²) in [6.45, 7) is 4.58. The van der Waals surface area contributed by atoms with Gasteiger partial charge in [-0.25, -0.2) is 4.79 Å². The third-order valence-corrected chi connectivity index (χ3v) is 3.04. The standard InChI is InChI=1S/C17H19NO2/c1-13(2)15-10-8-14(9-11-15)12-20-17(19)18-16-6-4-3-5-7-16/h3-11,13H,12H2,1-2H3,(H,18,19). The van der Waals surface area contributed by atoms with Gasteiger partial charge in [0.2, 0.25) is 0 Å². The molecule has 0 spiro atoms. The maximum atomic E-state index is 11.6. The van der Waals surface area contributed by atoms with Gasteiger partial charge in [0.1, 0.15) is 6.61 Å². The highest BCUT2D eigenvalue weighted by Crippen LogP contribution is 2.15. The molecule has 3 heteroatoms. The maximum Gasteiger partial charge on any atom is 0.411 e. The van der Waals surface area contributed by atoms with Gasteiger partial charge in [0.25, 0.3) is 0 Å². The number of benzene rings is 2. The van der Waals surface area contributed by atoms with Gasteiger partial charge in [-0.1, -0.05) is 56.3 Å². The largest absolute Gasteiger partial charge is 0.444 e. The van der Waals surface area contributed by atoms with Crippen LogP contribution >= 0.6 is 0 Å². The predicted octanol–water partition coefficient (Wildman–Crippen LogP) is 4.56. The zero-order chi connectivity index (χ0) is 14.4. The van der Waals surface area contributed by atoms with Gasteiger partial charge in [0, 0.05) is 5.69 Å².